The van der Waals surface area contributed by atoms with E-state index in [1.54, 1.807) is 25.3 Å². The summed E-state index contributed by atoms with van der Waals surface area (Å²) in [5, 5.41) is 6.92. The van der Waals surface area contributed by atoms with Crippen LogP contribution in [0.5, 0.6) is 5.75 Å². The second kappa shape index (κ2) is 7.75. The van der Waals surface area contributed by atoms with E-state index in [4.69, 9.17) is 9.26 Å². The van der Waals surface area contributed by atoms with Crippen LogP contribution in [0.1, 0.15) is 10.4 Å². The Morgan fingerprint density at radius 2 is 1.64 bits per heavy atom. The van der Waals surface area contributed by atoms with Gasteiger partial charge in [-0.1, -0.05) is 35.5 Å². The van der Waals surface area contributed by atoms with Crippen molar-refractivity contribution in [3.05, 3.63) is 84.4 Å². The predicted molar refractivity (Wildman–Crippen MR) is 106 cm³/mol. The van der Waals surface area contributed by atoms with Crippen molar-refractivity contribution >= 4 is 11.6 Å². The molecule has 1 N–H and O–H groups in total. The van der Waals surface area contributed by atoms with Gasteiger partial charge < -0.3 is 14.6 Å². The van der Waals surface area contributed by atoms with Crippen molar-refractivity contribution < 1.29 is 14.1 Å². The van der Waals surface area contributed by atoms with E-state index in [-0.39, 0.29) is 11.8 Å². The lowest BCUT2D eigenvalue weighted by atomic mass is 10.1. The number of hydrogen-bond acceptors (Lipinski definition) is 5. The number of nitrogens with one attached hydrogen (secondary N) is 1. The number of benzene rings is 3. The molecule has 0 saturated carbocycles. The molecule has 0 aliphatic rings. The molecule has 3 aromatic carbocycles. The zero-order valence-corrected chi connectivity index (χ0v) is 15.1. The third kappa shape index (κ3) is 3.61. The summed E-state index contributed by atoms with van der Waals surface area (Å²) in [5.41, 5.74) is 2.54. The number of nitrogens with zero attached hydrogens (tertiary/aromatic N) is 2. The van der Waals surface area contributed by atoms with Crippen molar-refractivity contribution in [2.45, 2.75) is 0 Å². The van der Waals surface area contributed by atoms with Gasteiger partial charge in [0.05, 0.1) is 18.2 Å². The van der Waals surface area contributed by atoms with E-state index in [0.29, 0.717) is 22.6 Å². The highest BCUT2D eigenvalue weighted by atomic mass is 16.5. The lowest BCUT2D eigenvalue weighted by Crippen LogP contribution is -2.13. The third-order valence-corrected chi connectivity index (χ3v) is 4.21. The fourth-order valence-electron chi connectivity index (χ4n) is 2.78. The van der Waals surface area contributed by atoms with E-state index in [1.807, 2.05) is 60.7 Å². The minimum atomic E-state index is -0.244. The molecule has 138 valence electrons. The molecule has 4 aromatic rings. The fraction of sp³-hybridized carbons (Fsp3) is 0.0455. The van der Waals surface area contributed by atoms with Crippen molar-refractivity contribution in [1.82, 2.24) is 10.1 Å². The maximum absolute atomic E-state index is 12.7. The number of para-hydroxylation sites is 1. The molecule has 6 heteroatoms. The van der Waals surface area contributed by atoms with Gasteiger partial charge in [0.2, 0.25) is 5.82 Å². The lowest BCUT2D eigenvalue weighted by Gasteiger charge is -2.07. The number of aromatic nitrogens is 2. The van der Waals surface area contributed by atoms with Gasteiger partial charge in [-0.05, 0) is 48.5 Å². The molecule has 0 aliphatic carbocycles. The third-order valence-electron chi connectivity index (χ3n) is 4.21. The number of methoxy groups -OCH3 is 1. The summed E-state index contributed by atoms with van der Waals surface area (Å²) in [6.45, 7) is 0. The fourth-order valence-corrected chi connectivity index (χ4v) is 2.78. The molecule has 1 heterocycles. The average molecular weight is 371 g/mol. The van der Waals surface area contributed by atoms with Gasteiger partial charge in [0, 0.05) is 11.3 Å². The number of amides is 1. The Kier molecular flexibility index (Phi) is 4.84. The number of carbonyl (C=O) groups excluding carboxylic acids is 1. The molecule has 0 fully saturated rings. The summed E-state index contributed by atoms with van der Waals surface area (Å²) in [6.07, 6.45) is 0. The second-order valence-corrected chi connectivity index (χ2v) is 6.02. The predicted octanol–water partition coefficient (Wildman–Crippen LogP) is 4.66. The van der Waals surface area contributed by atoms with E-state index < -0.39 is 0 Å². The molecule has 0 radical (unpaired) electrons. The van der Waals surface area contributed by atoms with Crippen LogP contribution in [-0.4, -0.2) is 23.2 Å². The summed E-state index contributed by atoms with van der Waals surface area (Å²) in [7, 11) is 1.61. The first kappa shape index (κ1) is 17.5. The van der Waals surface area contributed by atoms with Gasteiger partial charge in [0.15, 0.2) is 0 Å². The number of hydrogen-bond donors (Lipinski definition) is 1. The zero-order chi connectivity index (χ0) is 19.3. The standard InChI is InChI=1S/C22H17N3O3/c1-27-17-13-11-15(12-14-17)20-24-22(28-25-20)19-10-6-5-9-18(19)21(26)23-16-7-3-2-4-8-16/h2-14H,1H3,(H,23,26). The Balaban J connectivity index is 1.63. The number of ether oxygens (including phenoxy) is 1. The normalized spacial score (nSPS) is 10.5. The molecule has 6 nitrogen and oxygen atoms in total. The lowest BCUT2D eigenvalue weighted by molar-refractivity contribution is 0.102. The van der Waals surface area contributed by atoms with Crippen molar-refractivity contribution in [3.8, 4) is 28.6 Å². The smallest absolute Gasteiger partial charge is 0.259 e. The first-order valence-electron chi connectivity index (χ1n) is 8.68. The molecule has 28 heavy (non-hydrogen) atoms. The Hall–Kier alpha value is -3.93. The summed E-state index contributed by atoms with van der Waals surface area (Å²) in [5.74, 6) is 1.22. The molecule has 0 spiro atoms. The van der Waals surface area contributed by atoms with Crippen LogP contribution < -0.4 is 10.1 Å². The highest BCUT2D eigenvalue weighted by Gasteiger charge is 2.18. The van der Waals surface area contributed by atoms with Crippen LogP contribution in [0.15, 0.2) is 83.4 Å². The van der Waals surface area contributed by atoms with E-state index in [9.17, 15) is 4.79 Å². The largest absolute Gasteiger partial charge is 0.497 e. The molecular weight excluding hydrogens is 354 g/mol. The van der Waals surface area contributed by atoms with Gasteiger partial charge in [-0.25, -0.2) is 0 Å². The van der Waals surface area contributed by atoms with E-state index in [1.165, 1.54) is 0 Å². The summed E-state index contributed by atoms with van der Waals surface area (Å²) < 4.78 is 10.6. The average Bonchev–Trinajstić information content (AvgIpc) is 3.25. The molecule has 0 bridgehead atoms. The molecule has 0 aliphatic heterocycles. The highest BCUT2D eigenvalue weighted by molar-refractivity contribution is 6.08. The van der Waals surface area contributed by atoms with Gasteiger partial charge >= 0.3 is 0 Å². The Morgan fingerprint density at radius 3 is 2.39 bits per heavy atom. The van der Waals surface area contributed by atoms with Crippen LogP contribution in [-0.2, 0) is 0 Å². The Morgan fingerprint density at radius 1 is 0.929 bits per heavy atom. The molecule has 1 amide bonds. The minimum Gasteiger partial charge on any atom is -0.497 e. The Labute approximate surface area is 161 Å². The first-order chi connectivity index (χ1) is 13.7. The van der Waals surface area contributed by atoms with Crippen LogP contribution >= 0.6 is 0 Å². The first-order valence-corrected chi connectivity index (χ1v) is 8.68. The number of rotatable bonds is 5. The number of carbonyl (C=O) groups is 1. The monoisotopic (exact) mass is 371 g/mol. The van der Waals surface area contributed by atoms with Crippen molar-refractivity contribution in [3.63, 3.8) is 0 Å². The van der Waals surface area contributed by atoms with Crippen LogP contribution in [0.4, 0.5) is 5.69 Å². The summed E-state index contributed by atoms with van der Waals surface area (Å²) in [4.78, 5) is 17.2. The summed E-state index contributed by atoms with van der Waals surface area (Å²) >= 11 is 0. The van der Waals surface area contributed by atoms with E-state index >= 15 is 0 Å². The van der Waals surface area contributed by atoms with Gasteiger partial charge in [-0.2, -0.15) is 4.98 Å². The van der Waals surface area contributed by atoms with Crippen LogP contribution in [0.3, 0.4) is 0 Å². The molecule has 4 rings (SSSR count). The minimum absolute atomic E-state index is 0.244. The maximum Gasteiger partial charge on any atom is 0.259 e. The molecule has 1 aromatic heterocycles. The maximum atomic E-state index is 12.7. The van der Waals surface area contributed by atoms with E-state index in [0.717, 1.165) is 11.3 Å². The quantitative estimate of drug-likeness (QED) is 0.552. The van der Waals surface area contributed by atoms with Gasteiger partial charge in [-0.3, -0.25) is 4.79 Å². The molecule has 0 unspecified atom stereocenters. The Bertz CT molecular complexity index is 1090. The van der Waals surface area contributed by atoms with E-state index in [2.05, 4.69) is 15.5 Å². The van der Waals surface area contributed by atoms with Crippen molar-refractivity contribution in [2.75, 3.05) is 12.4 Å². The second-order valence-electron chi connectivity index (χ2n) is 6.02. The topological polar surface area (TPSA) is 77.2 Å². The highest BCUT2D eigenvalue weighted by Crippen LogP contribution is 2.26. The molecule has 0 saturated heterocycles. The SMILES string of the molecule is COc1ccc(-c2noc(-c3ccccc3C(=O)Nc3ccccc3)n2)cc1. The van der Waals surface area contributed by atoms with Crippen molar-refractivity contribution in [1.29, 1.82) is 0 Å². The van der Waals surface area contributed by atoms with Gasteiger partial charge in [0.1, 0.15) is 5.75 Å². The van der Waals surface area contributed by atoms with Crippen LogP contribution in [0, 0.1) is 0 Å². The zero-order valence-electron chi connectivity index (χ0n) is 15.1. The van der Waals surface area contributed by atoms with Crippen LogP contribution in [0.2, 0.25) is 0 Å². The number of anilines is 1. The molecule has 0 atom stereocenters. The van der Waals surface area contributed by atoms with Crippen LogP contribution in [0.25, 0.3) is 22.8 Å². The van der Waals surface area contributed by atoms with Crippen molar-refractivity contribution in [2.24, 2.45) is 0 Å². The molecular formula is C22H17N3O3. The van der Waals surface area contributed by atoms with Gasteiger partial charge in [0.25, 0.3) is 11.8 Å². The summed E-state index contributed by atoms with van der Waals surface area (Å²) in [6, 6.07) is 23.8. The van der Waals surface area contributed by atoms with Gasteiger partial charge in [-0.15, -0.1) is 0 Å².